The number of amides is 1. The fourth-order valence-electron chi connectivity index (χ4n) is 3.44. The topological polar surface area (TPSA) is 101 Å². The van der Waals surface area contributed by atoms with Crippen LogP contribution in [-0.2, 0) is 10.0 Å². The molecule has 0 saturated carbocycles. The Balaban J connectivity index is 1.61. The van der Waals surface area contributed by atoms with Gasteiger partial charge in [-0.3, -0.25) is 10.1 Å². The molecule has 3 aromatic carbocycles. The second-order valence-electron chi connectivity index (χ2n) is 7.52. The van der Waals surface area contributed by atoms with Crippen LogP contribution in [0, 0.1) is 13.8 Å². The number of benzene rings is 3. The first kappa shape index (κ1) is 22.8. The van der Waals surface area contributed by atoms with Crippen LogP contribution >= 0.6 is 11.3 Å². The van der Waals surface area contributed by atoms with Gasteiger partial charge < -0.3 is 0 Å². The Bertz CT molecular complexity index is 1370. The number of nitrogens with zero attached hydrogens (tertiary/aromatic N) is 2. The quantitative estimate of drug-likeness (QED) is 0.382. The van der Waals surface area contributed by atoms with Gasteiger partial charge in [0.1, 0.15) is 0 Å². The van der Waals surface area contributed by atoms with E-state index in [9.17, 15) is 13.2 Å². The van der Waals surface area contributed by atoms with Crippen molar-refractivity contribution in [1.82, 2.24) is 14.9 Å². The number of hydrogen-bond donors (Lipinski definition) is 2. The van der Waals surface area contributed by atoms with E-state index in [2.05, 4.69) is 20.2 Å². The Hall–Kier alpha value is -3.40. The Morgan fingerprint density at radius 1 is 0.909 bits per heavy atom. The summed E-state index contributed by atoms with van der Waals surface area (Å²) in [5, 5.41) is 10.4. The lowest BCUT2D eigenvalue weighted by atomic mass is 9.95. The molecule has 0 fully saturated rings. The number of rotatable bonds is 7. The number of carbonyl (C=O) groups is 1. The summed E-state index contributed by atoms with van der Waals surface area (Å²) < 4.78 is 29.0. The molecule has 0 unspecified atom stereocenters. The zero-order valence-corrected chi connectivity index (χ0v) is 19.7. The molecular weight excluding hydrogens is 456 g/mol. The molecule has 0 saturated heterocycles. The third kappa shape index (κ3) is 5.33. The van der Waals surface area contributed by atoms with Crippen molar-refractivity contribution in [3.8, 4) is 0 Å². The number of hydrogen-bond acceptors (Lipinski definition) is 6. The molecule has 0 aliphatic rings. The number of aryl methyl sites for hydroxylation is 2. The van der Waals surface area contributed by atoms with Gasteiger partial charge in [0, 0.05) is 5.56 Å². The van der Waals surface area contributed by atoms with Crippen molar-refractivity contribution >= 4 is 32.4 Å². The minimum Gasteiger partial charge on any atom is -0.296 e. The second-order valence-corrected chi connectivity index (χ2v) is 10.4. The Morgan fingerprint density at radius 2 is 1.58 bits per heavy atom. The largest absolute Gasteiger partial charge is 0.296 e. The van der Waals surface area contributed by atoms with E-state index in [0.717, 1.165) is 33.6 Å². The van der Waals surface area contributed by atoms with Crippen molar-refractivity contribution in [3.05, 3.63) is 107 Å². The molecule has 1 heterocycles. The van der Waals surface area contributed by atoms with Gasteiger partial charge in [0.05, 0.1) is 6.04 Å². The van der Waals surface area contributed by atoms with Gasteiger partial charge >= 0.3 is 0 Å². The molecule has 4 rings (SSSR count). The van der Waals surface area contributed by atoms with Crippen LogP contribution in [0.5, 0.6) is 0 Å². The molecule has 1 aromatic heterocycles. The van der Waals surface area contributed by atoms with E-state index >= 15 is 0 Å². The molecule has 4 aromatic rings. The fourth-order valence-corrected chi connectivity index (χ4v) is 5.55. The van der Waals surface area contributed by atoms with Crippen molar-refractivity contribution in [2.75, 3.05) is 5.32 Å². The van der Waals surface area contributed by atoms with E-state index in [0.29, 0.717) is 5.56 Å². The van der Waals surface area contributed by atoms with Gasteiger partial charge in [-0.2, -0.15) is 4.72 Å². The maximum absolute atomic E-state index is 13.2. The summed E-state index contributed by atoms with van der Waals surface area (Å²) in [7, 11) is -4.02. The predicted octanol–water partition coefficient (Wildman–Crippen LogP) is 4.48. The Kier molecular flexibility index (Phi) is 6.64. The molecule has 7 nitrogen and oxygen atoms in total. The zero-order chi connectivity index (χ0) is 23.4. The van der Waals surface area contributed by atoms with Crippen LogP contribution in [0.3, 0.4) is 0 Å². The normalized spacial score (nSPS) is 12.3. The van der Waals surface area contributed by atoms with Crippen molar-refractivity contribution in [3.63, 3.8) is 0 Å². The summed E-state index contributed by atoms with van der Waals surface area (Å²) in [4.78, 5) is 12.3. The number of anilines is 1. The molecule has 0 bridgehead atoms. The smallest absolute Gasteiger partial charge is 0.270 e. The van der Waals surface area contributed by atoms with Crippen LogP contribution < -0.4 is 10.0 Å². The van der Waals surface area contributed by atoms with Crippen molar-refractivity contribution < 1.29 is 13.2 Å². The highest BCUT2D eigenvalue weighted by atomic mass is 32.2. The van der Waals surface area contributed by atoms with E-state index in [-0.39, 0.29) is 15.4 Å². The van der Waals surface area contributed by atoms with Crippen LogP contribution in [0.15, 0.2) is 83.2 Å². The average molecular weight is 479 g/mol. The molecule has 0 radical (unpaired) electrons. The van der Waals surface area contributed by atoms with E-state index in [1.54, 1.807) is 30.3 Å². The molecule has 168 valence electrons. The lowest BCUT2D eigenvalue weighted by Crippen LogP contribution is -2.30. The molecule has 9 heteroatoms. The molecular formula is C24H22N4O3S2. The summed E-state index contributed by atoms with van der Waals surface area (Å²) in [5.41, 5.74) is 4.15. The Morgan fingerprint density at radius 3 is 2.24 bits per heavy atom. The summed E-state index contributed by atoms with van der Waals surface area (Å²) in [6.07, 6.45) is 0. The van der Waals surface area contributed by atoms with Crippen LogP contribution in [0.2, 0.25) is 0 Å². The maximum Gasteiger partial charge on any atom is 0.270 e. The minimum absolute atomic E-state index is 0.104. The fraction of sp³-hybridized carbons (Fsp3) is 0.125. The molecule has 0 aliphatic heterocycles. The van der Waals surface area contributed by atoms with Crippen molar-refractivity contribution in [1.29, 1.82) is 0 Å². The Labute approximate surface area is 196 Å². The maximum atomic E-state index is 13.2. The summed E-state index contributed by atoms with van der Waals surface area (Å²) >= 11 is 0.797. The average Bonchev–Trinajstić information content (AvgIpc) is 3.29. The monoisotopic (exact) mass is 478 g/mol. The number of nitrogens with one attached hydrogen (secondary N) is 2. The van der Waals surface area contributed by atoms with Gasteiger partial charge in [-0.15, -0.1) is 10.2 Å². The molecule has 0 aliphatic carbocycles. The van der Waals surface area contributed by atoms with Gasteiger partial charge in [0.15, 0.2) is 0 Å². The van der Waals surface area contributed by atoms with Gasteiger partial charge in [0.2, 0.25) is 9.47 Å². The summed E-state index contributed by atoms with van der Waals surface area (Å²) in [6.45, 7) is 3.94. The molecule has 33 heavy (non-hydrogen) atoms. The SMILES string of the molecule is Cc1ccc([C@@H](NS(=O)(=O)c2nnc(NC(=O)c3ccccc3)s2)c2ccccc2)c(C)c1. The van der Waals surface area contributed by atoms with Crippen molar-refractivity contribution in [2.24, 2.45) is 0 Å². The van der Waals surface area contributed by atoms with E-state index < -0.39 is 16.1 Å². The first-order chi connectivity index (χ1) is 15.8. The lowest BCUT2D eigenvalue weighted by molar-refractivity contribution is 0.102. The third-order valence-corrected chi connectivity index (χ3v) is 7.66. The van der Waals surface area contributed by atoms with Gasteiger partial charge in [-0.1, -0.05) is 83.6 Å². The van der Waals surface area contributed by atoms with Gasteiger partial charge in [-0.05, 0) is 42.7 Å². The van der Waals surface area contributed by atoms with Crippen molar-refractivity contribution in [2.45, 2.75) is 24.2 Å². The first-order valence-corrected chi connectivity index (χ1v) is 12.5. The molecule has 1 amide bonds. The van der Waals surface area contributed by atoms with Crippen LogP contribution in [0.1, 0.15) is 38.7 Å². The molecule has 0 spiro atoms. The standard InChI is InChI=1S/C24H22N4O3S2/c1-16-13-14-20(17(2)15-16)21(18-9-5-3-6-10-18)28-33(30,31)24-27-26-23(32-24)25-22(29)19-11-7-4-8-12-19/h3-15,21,28H,1-2H3,(H,25,26,29)/t21-/m0/s1. The third-order valence-electron chi connectivity index (χ3n) is 5.04. The van der Waals surface area contributed by atoms with E-state index in [4.69, 9.17) is 0 Å². The van der Waals surface area contributed by atoms with E-state index in [1.807, 2.05) is 62.4 Å². The highest BCUT2D eigenvalue weighted by Gasteiger charge is 2.27. The van der Waals surface area contributed by atoms with Crippen LogP contribution in [-0.4, -0.2) is 24.5 Å². The molecule has 1 atom stereocenters. The van der Waals surface area contributed by atoms with E-state index in [1.165, 1.54) is 0 Å². The lowest BCUT2D eigenvalue weighted by Gasteiger charge is -2.21. The number of carbonyl (C=O) groups excluding carboxylic acids is 1. The minimum atomic E-state index is -4.02. The molecule has 2 N–H and O–H groups in total. The number of sulfonamides is 1. The predicted molar refractivity (Wildman–Crippen MR) is 129 cm³/mol. The highest BCUT2D eigenvalue weighted by molar-refractivity contribution is 7.91. The summed E-state index contributed by atoms with van der Waals surface area (Å²) in [5.74, 6) is -0.388. The second kappa shape index (κ2) is 9.62. The van der Waals surface area contributed by atoms with Crippen LogP contribution in [0.4, 0.5) is 5.13 Å². The van der Waals surface area contributed by atoms with Gasteiger partial charge in [0.25, 0.3) is 15.9 Å². The summed E-state index contributed by atoms with van der Waals surface area (Å²) in [6, 6.07) is 23.2. The van der Waals surface area contributed by atoms with Crippen LogP contribution in [0.25, 0.3) is 0 Å². The first-order valence-electron chi connectivity index (χ1n) is 10.2. The highest BCUT2D eigenvalue weighted by Crippen LogP contribution is 2.29. The number of aromatic nitrogens is 2. The van der Waals surface area contributed by atoms with Gasteiger partial charge in [-0.25, -0.2) is 8.42 Å². The zero-order valence-electron chi connectivity index (χ0n) is 18.0.